The lowest BCUT2D eigenvalue weighted by Crippen LogP contribution is -1.82. The molecule has 1 nitrogen and oxygen atoms in total. The molecule has 1 heteroatoms. The summed E-state index contributed by atoms with van der Waals surface area (Å²) in [6.45, 7) is 4.13. The largest absolute Gasteiger partial charge is 0.262 e. The summed E-state index contributed by atoms with van der Waals surface area (Å²) >= 11 is 0. The molecule has 0 aromatic carbocycles. The van der Waals surface area contributed by atoms with Gasteiger partial charge in [0.1, 0.15) is 0 Å². The van der Waals surface area contributed by atoms with Gasteiger partial charge in [0.15, 0.2) is 0 Å². The maximum absolute atomic E-state index is 4.13. The number of hydrogen-bond donors (Lipinski definition) is 0. The third-order valence-corrected chi connectivity index (χ3v) is 1.28. The van der Waals surface area contributed by atoms with Crippen molar-refractivity contribution < 1.29 is 0 Å². The molecule has 0 aliphatic carbocycles. The van der Waals surface area contributed by atoms with Crippen LogP contribution in [-0.4, -0.2) is 5.71 Å². The molecule has 1 aliphatic heterocycles. The fraction of sp³-hybridized carbons (Fsp3) is 0.375. The molecule has 0 aromatic heterocycles. The molecular formula is C8H11N. The van der Waals surface area contributed by atoms with Gasteiger partial charge < -0.3 is 0 Å². The molecule has 0 aromatic rings. The zero-order valence-corrected chi connectivity index (χ0v) is 5.89. The SMILES string of the molecule is CC1=CC(C)=NC=CC1. The lowest BCUT2D eigenvalue weighted by Gasteiger charge is -1.89. The second-order valence-electron chi connectivity index (χ2n) is 2.35. The predicted octanol–water partition coefficient (Wildman–Crippen LogP) is 2.31. The van der Waals surface area contributed by atoms with Crippen LogP contribution in [-0.2, 0) is 0 Å². The molecule has 0 saturated heterocycles. The maximum atomic E-state index is 4.13. The van der Waals surface area contributed by atoms with Gasteiger partial charge in [0.2, 0.25) is 0 Å². The Bertz CT molecular complexity index is 185. The van der Waals surface area contributed by atoms with E-state index in [0.717, 1.165) is 12.1 Å². The van der Waals surface area contributed by atoms with Crippen LogP contribution in [0.4, 0.5) is 0 Å². The van der Waals surface area contributed by atoms with Crippen LogP contribution in [0.1, 0.15) is 20.3 Å². The zero-order chi connectivity index (χ0) is 6.69. The van der Waals surface area contributed by atoms with Crippen LogP contribution in [0.5, 0.6) is 0 Å². The summed E-state index contributed by atoms with van der Waals surface area (Å²) in [5.74, 6) is 0. The van der Waals surface area contributed by atoms with E-state index in [4.69, 9.17) is 0 Å². The van der Waals surface area contributed by atoms with Crippen molar-refractivity contribution in [3.63, 3.8) is 0 Å². The molecular weight excluding hydrogens is 110 g/mol. The molecule has 0 unspecified atom stereocenters. The van der Waals surface area contributed by atoms with E-state index in [1.54, 1.807) is 0 Å². The van der Waals surface area contributed by atoms with Crippen LogP contribution >= 0.6 is 0 Å². The van der Waals surface area contributed by atoms with E-state index in [1.165, 1.54) is 5.57 Å². The fourth-order valence-electron chi connectivity index (χ4n) is 0.862. The first-order valence-electron chi connectivity index (χ1n) is 3.15. The molecule has 0 N–H and O–H groups in total. The summed E-state index contributed by atoms with van der Waals surface area (Å²) in [7, 11) is 0. The molecule has 0 atom stereocenters. The van der Waals surface area contributed by atoms with Crippen molar-refractivity contribution in [2.75, 3.05) is 0 Å². The zero-order valence-electron chi connectivity index (χ0n) is 5.89. The Balaban J connectivity index is 2.82. The van der Waals surface area contributed by atoms with Crippen LogP contribution in [0.2, 0.25) is 0 Å². The van der Waals surface area contributed by atoms with Crippen LogP contribution in [0, 0.1) is 0 Å². The smallest absolute Gasteiger partial charge is 0.0372 e. The van der Waals surface area contributed by atoms with Gasteiger partial charge in [-0.15, -0.1) is 0 Å². The summed E-state index contributed by atoms with van der Waals surface area (Å²) < 4.78 is 0. The Kier molecular flexibility index (Phi) is 1.83. The van der Waals surface area contributed by atoms with Gasteiger partial charge in [0.05, 0.1) is 0 Å². The van der Waals surface area contributed by atoms with Gasteiger partial charge >= 0.3 is 0 Å². The molecule has 1 rings (SSSR count). The van der Waals surface area contributed by atoms with Crippen molar-refractivity contribution in [2.45, 2.75) is 20.3 Å². The van der Waals surface area contributed by atoms with Crippen molar-refractivity contribution in [3.8, 4) is 0 Å². The van der Waals surface area contributed by atoms with Crippen molar-refractivity contribution in [1.82, 2.24) is 0 Å². The van der Waals surface area contributed by atoms with E-state index in [2.05, 4.69) is 24.1 Å². The molecule has 1 heterocycles. The summed E-state index contributed by atoms with van der Waals surface area (Å²) in [5.41, 5.74) is 2.48. The normalized spacial score (nSPS) is 18.4. The molecule has 1 aliphatic rings. The van der Waals surface area contributed by atoms with Crippen molar-refractivity contribution in [2.24, 2.45) is 4.99 Å². The highest BCUT2D eigenvalue weighted by Crippen LogP contribution is 2.04. The highest BCUT2D eigenvalue weighted by Gasteiger charge is 1.90. The monoisotopic (exact) mass is 121 g/mol. The first-order chi connectivity index (χ1) is 4.29. The highest BCUT2D eigenvalue weighted by molar-refractivity contribution is 5.94. The van der Waals surface area contributed by atoms with E-state index in [9.17, 15) is 0 Å². The molecule has 0 saturated carbocycles. The summed E-state index contributed by atoms with van der Waals surface area (Å²) in [5, 5.41) is 0. The Hall–Kier alpha value is -0.850. The van der Waals surface area contributed by atoms with Crippen molar-refractivity contribution in [1.29, 1.82) is 0 Å². The molecule has 0 spiro atoms. The first kappa shape index (κ1) is 6.27. The number of aliphatic imine (C=N–C) groups is 1. The molecule has 0 amide bonds. The van der Waals surface area contributed by atoms with Crippen LogP contribution < -0.4 is 0 Å². The van der Waals surface area contributed by atoms with Crippen LogP contribution in [0.25, 0.3) is 0 Å². The van der Waals surface area contributed by atoms with E-state index >= 15 is 0 Å². The van der Waals surface area contributed by atoms with Crippen molar-refractivity contribution in [3.05, 3.63) is 23.9 Å². The Labute approximate surface area is 55.8 Å². The standard InChI is InChI=1S/C8H11N/c1-7-4-3-5-9-8(2)6-7/h3,5-6H,4H2,1-2H3. The lowest BCUT2D eigenvalue weighted by atomic mass is 10.2. The predicted molar refractivity (Wildman–Crippen MR) is 40.6 cm³/mol. The van der Waals surface area contributed by atoms with Gasteiger partial charge in [-0.25, -0.2) is 0 Å². The lowest BCUT2D eigenvalue weighted by molar-refractivity contribution is 1.22. The minimum absolute atomic E-state index is 1.04. The summed E-state index contributed by atoms with van der Waals surface area (Å²) in [6, 6.07) is 0. The van der Waals surface area contributed by atoms with E-state index < -0.39 is 0 Å². The minimum atomic E-state index is 1.04. The second kappa shape index (κ2) is 2.62. The third-order valence-electron chi connectivity index (χ3n) is 1.28. The van der Waals surface area contributed by atoms with Crippen LogP contribution in [0.3, 0.4) is 0 Å². The molecule has 0 radical (unpaired) electrons. The van der Waals surface area contributed by atoms with Gasteiger partial charge in [-0.1, -0.05) is 11.6 Å². The fourth-order valence-corrected chi connectivity index (χ4v) is 0.862. The maximum Gasteiger partial charge on any atom is 0.0372 e. The van der Waals surface area contributed by atoms with Gasteiger partial charge in [0, 0.05) is 11.9 Å². The number of rotatable bonds is 0. The van der Waals surface area contributed by atoms with Gasteiger partial charge in [-0.3, -0.25) is 4.99 Å². The third kappa shape index (κ3) is 1.84. The number of allylic oxidation sites excluding steroid dienone is 3. The van der Waals surface area contributed by atoms with E-state index in [1.807, 2.05) is 13.1 Å². The van der Waals surface area contributed by atoms with Gasteiger partial charge in [-0.05, 0) is 26.3 Å². The Morgan fingerprint density at radius 2 is 2.22 bits per heavy atom. The van der Waals surface area contributed by atoms with E-state index in [0.29, 0.717) is 0 Å². The topological polar surface area (TPSA) is 12.4 Å². The molecule has 9 heavy (non-hydrogen) atoms. The second-order valence-corrected chi connectivity index (χ2v) is 2.35. The van der Waals surface area contributed by atoms with Crippen LogP contribution in [0.15, 0.2) is 28.9 Å². The number of nitrogens with zero attached hydrogens (tertiary/aromatic N) is 1. The number of hydrogen-bond acceptors (Lipinski definition) is 1. The highest BCUT2D eigenvalue weighted by atomic mass is 14.7. The molecule has 0 bridgehead atoms. The quantitative estimate of drug-likeness (QED) is 0.466. The molecule has 0 fully saturated rings. The Morgan fingerprint density at radius 1 is 1.44 bits per heavy atom. The summed E-state index contributed by atoms with van der Waals surface area (Å²) in [4.78, 5) is 4.13. The average Bonchev–Trinajstić information content (AvgIpc) is 1.93. The summed E-state index contributed by atoms with van der Waals surface area (Å²) in [6.07, 6.45) is 7.09. The molecule has 48 valence electrons. The van der Waals surface area contributed by atoms with Gasteiger partial charge in [0.25, 0.3) is 0 Å². The average molecular weight is 121 g/mol. The van der Waals surface area contributed by atoms with Gasteiger partial charge in [-0.2, -0.15) is 0 Å². The van der Waals surface area contributed by atoms with E-state index in [-0.39, 0.29) is 0 Å². The Morgan fingerprint density at radius 3 is 3.00 bits per heavy atom. The first-order valence-corrected chi connectivity index (χ1v) is 3.15. The van der Waals surface area contributed by atoms with Crippen molar-refractivity contribution >= 4 is 5.71 Å². The minimum Gasteiger partial charge on any atom is -0.262 e.